The van der Waals surface area contributed by atoms with Crippen LogP contribution in [0.1, 0.15) is 22.3 Å². The van der Waals surface area contributed by atoms with Crippen LogP contribution in [0.15, 0.2) is 35.2 Å². The summed E-state index contributed by atoms with van der Waals surface area (Å²) in [5.41, 5.74) is 3.30. The third kappa shape index (κ3) is 3.62. The van der Waals surface area contributed by atoms with Gasteiger partial charge < -0.3 is 0 Å². The van der Waals surface area contributed by atoms with Gasteiger partial charge in [0.1, 0.15) is 17.0 Å². The van der Waals surface area contributed by atoms with Crippen LogP contribution in [0.4, 0.5) is 8.78 Å². The molecule has 0 heterocycles. The Morgan fingerprint density at radius 3 is 2.10 bits per heavy atom. The van der Waals surface area contributed by atoms with Crippen LogP contribution >= 0.6 is 11.8 Å². The number of rotatable bonds is 1. The summed E-state index contributed by atoms with van der Waals surface area (Å²) in [6, 6.07) is 8.01. The number of hydrogen-bond acceptors (Lipinski definition) is 2. The minimum Gasteiger partial charge on any atom is -0.206 e. The van der Waals surface area contributed by atoms with Crippen molar-refractivity contribution in [1.82, 2.24) is 0 Å². The Labute approximate surface area is 126 Å². The zero-order valence-corrected chi connectivity index (χ0v) is 12.3. The number of thioether (sulfide) groups is 1. The summed E-state index contributed by atoms with van der Waals surface area (Å²) in [7, 11) is 0. The molecule has 4 heteroatoms. The van der Waals surface area contributed by atoms with Gasteiger partial charge in [-0.05, 0) is 61.0 Å². The Morgan fingerprint density at radius 1 is 0.905 bits per heavy atom. The van der Waals surface area contributed by atoms with E-state index in [1.807, 2.05) is 32.0 Å². The summed E-state index contributed by atoms with van der Waals surface area (Å²) in [5.74, 6) is 4.07. The molecule has 21 heavy (non-hydrogen) atoms. The van der Waals surface area contributed by atoms with E-state index in [0.29, 0.717) is 11.8 Å². The van der Waals surface area contributed by atoms with Gasteiger partial charge in [-0.3, -0.25) is 0 Å². The molecule has 2 aromatic rings. The molecule has 0 saturated carbocycles. The largest absolute Gasteiger partial charge is 0.206 e. The van der Waals surface area contributed by atoms with Gasteiger partial charge in [-0.15, -0.1) is 0 Å². The monoisotopic (exact) mass is 299 g/mol. The lowest BCUT2D eigenvalue weighted by molar-refractivity contribution is 0.540. The van der Waals surface area contributed by atoms with Crippen molar-refractivity contribution in [3.63, 3.8) is 0 Å². The normalized spacial score (nSPS) is 9.67. The Morgan fingerprint density at radius 2 is 1.52 bits per heavy atom. The van der Waals surface area contributed by atoms with Crippen LogP contribution in [0.3, 0.4) is 0 Å². The van der Waals surface area contributed by atoms with Crippen molar-refractivity contribution in [3.05, 3.63) is 64.2 Å². The number of halogens is 2. The zero-order valence-electron chi connectivity index (χ0n) is 11.5. The molecule has 0 fully saturated rings. The Hall–Kier alpha value is -2.30. The third-order valence-corrected chi connectivity index (χ3v) is 3.69. The van der Waals surface area contributed by atoms with Gasteiger partial charge in [0.15, 0.2) is 0 Å². The SMILES string of the molecule is Cc1ccc(C#Cc2cc(F)c(SC#N)c(F)c2)cc1C. The number of nitriles is 1. The first-order valence-electron chi connectivity index (χ1n) is 6.15. The van der Waals surface area contributed by atoms with Crippen LogP contribution in [-0.4, -0.2) is 0 Å². The molecule has 2 rings (SSSR count). The third-order valence-electron chi connectivity index (χ3n) is 3.00. The zero-order chi connectivity index (χ0) is 15.4. The van der Waals surface area contributed by atoms with Crippen LogP contribution < -0.4 is 0 Å². The highest BCUT2D eigenvalue weighted by Crippen LogP contribution is 2.25. The molecule has 0 atom stereocenters. The summed E-state index contributed by atoms with van der Waals surface area (Å²) in [6.07, 6.45) is 0. The van der Waals surface area contributed by atoms with E-state index in [1.54, 1.807) is 5.40 Å². The lowest BCUT2D eigenvalue weighted by Gasteiger charge is -2.01. The summed E-state index contributed by atoms with van der Waals surface area (Å²) < 4.78 is 27.3. The van der Waals surface area contributed by atoms with Crippen molar-refractivity contribution >= 4 is 11.8 Å². The highest BCUT2D eigenvalue weighted by Gasteiger charge is 2.10. The first kappa shape index (κ1) is 15.1. The van der Waals surface area contributed by atoms with Gasteiger partial charge in [0.05, 0.1) is 4.90 Å². The Balaban J connectivity index is 2.35. The first-order chi connectivity index (χ1) is 10.0. The van der Waals surface area contributed by atoms with E-state index in [0.717, 1.165) is 28.8 Å². The highest BCUT2D eigenvalue weighted by atomic mass is 32.2. The van der Waals surface area contributed by atoms with Crippen molar-refractivity contribution in [2.45, 2.75) is 18.7 Å². The van der Waals surface area contributed by atoms with Crippen LogP contribution in [-0.2, 0) is 0 Å². The van der Waals surface area contributed by atoms with E-state index in [2.05, 4.69) is 11.8 Å². The molecule has 0 radical (unpaired) electrons. The molecule has 0 amide bonds. The molecule has 0 bridgehead atoms. The molecule has 0 spiro atoms. The maximum Gasteiger partial charge on any atom is 0.142 e. The predicted octanol–water partition coefficient (Wildman–Crippen LogP) is 4.55. The van der Waals surface area contributed by atoms with Gasteiger partial charge in [0.2, 0.25) is 0 Å². The Bertz CT molecular complexity index is 772. The van der Waals surface area contributed by atoms with Gasteiger partial charge in [-0.25, -0.2) is 8.78 Å². The van der Waals surface area contributed by atoms with E-state index in [4.69, 9.17) is 5.26 Å². The molecule has 0 aliphatic rings. The van der Waals surface area contributed by atoms with E-state index in [1.165, 1.54) is 0 Å². The van der Waals surface area contributed by atoms with Crippen molar-refractivity contribution in [3.8, 4) is 17.2 Å². The standard InChI is InChI=1S/C17H11F2NS/c1-11-3-4-13(7-12(11)2)5-6-14-8-15(18)17(21-10-20)16(19)9-14/h3-4,7-9H,1-2H3. The quantitative estimate of drug-likeness (QED) is 0.438. The molecule has 0 saturated heterocycles. The number of aryl methyl sites for hydroxylation is 2. The van der Waals surface area contributed by atoms with E-state index < -0.39 is 11.6 Å². The molecule has 2 aromatic carbocycles. The molecule has 0 N–H and O–H groups in total. The minimum atomic E-state index is -0.772. The Kier molecular flexibility index (Phi) is 4.62. The van der Waals surface area contributed by atoms with Gasteiger partial charge in [-0.1, -0.05) is 17.9 Å². The van der Waals surface area contributed by atoms with Crippen LogP contribution in [0.5, 0.6) is 0 Å². The minimum absolute atomic E-state index is 0.241. The fourth-order valence-corrected chi connectivity index (χ4v) is 2.14. The second kappa shape index (κ2) is 6.43. The number of thiocyanates is 1. The van der Waals surface area contributed by atoms with Crippen LogP contribution in [0.2, 0.25) is 0 Å². The van der Waals surface area contributed by atoms with Gasteiger partial charge in [0, 0.05) is 11.1 Å². The molecule has 0 aliphatic heterocycles. The van der Waals surface area contributed by atoms with E-state index in [-0.39, 0.29) is 10.5 Å². The topological polar surface area (TPSA) is 23.8 Å². The van der Waals surface area contributed by atoms with Gasteiger partial charge >= 0.3 is 0 Å². The maximum absolute atomic E-state index is 13.7. The van der Waals surface area contributed by atoms with Crippen LogP contribution in [0, 0.1) is 48.0 Å². The second-order valence-corrected chi connectivity index (χ2v) is 5.31. The smallest absolute Gasteiger partial charge is 0.142 e. The summed E-state index contributed by atoms with van der Waals surface area (Å²) in [5, 5.41) is 10.1. The van der Waals surface area contributed by atoms with Crippen LogP contribution in [0.25, 0.3) is 0 Å². The lowest BCUT2D eigenvalue weighted by atomic mass is 10.1. The molecule has 1 nitrogen and oxygen atoms in total. The molecule has 0 aromatic heterocycles. The van der Waals surface area contributed by atoms with Gasteiger partial charge in [0.25, 0.3) is 0 Å². The van der Waals surface area contributed by atoms with Crippen molar-refractivity contribution in [1.29, 1.82) is 5.26 Å². The fourth-order valence-electron chi connectivity index (χ4n) is 1.74. The number of hydrogen-bond donors (Lipinski definition) is 0. The molecule has 104 valence electrons. The van der Waals surface area contributed by atoms with E-state index in [9.17, 15) is 8.78 Å². The maximum atomic E-state index is 13.7. The van der Waals surface area contributed by atoms with Crippen molar-refractivity contribution < 1.29 is 8.78 Å². The number of benzene rings is 2. The summed E-state index contributed by atoms with van der Waals surface area (Å²) in [6.45, 7) is 3.98. The summed E-state index contributed by atoms with van der Waals surface area (Å²) >= 11 is 0.463. The molecule has 0 aliphatic carbocycles. The van der Waals surface area contributed by atoms with Gasteiger partial charge in [-0.2, -0.15) is 5.26 Å². The average molecular weight is 299 g/mol. The fraction of sp³-hybridized carbons (Fsp3) is 0.118. The lowest BCUT2D eigenvalue weighted by Crippen LogP contribution is -1.89. The second-order valence-electron chi connectivity index (χ2n) is 4.51. The predicted molar refractivity (Wildman–Crippen MR) is 79.7 cm³/mol. The molecule has 0 unspecified atom stereocenters. The first-order valence-corrected chi connectivity index (χ1v) is 6.97. The average Bonchev–Trinajstić information content (AvgIpc) is 2.44. The highest BCUT2D eigenvalue weighted by molar-refractivity contribution is 8.03. The molecular weight excluding hydrogens is 288 g/mol. The van der Waals surface area contributed by atoms with Crippen molar-refractivity contribution in [2.24, 2.45) is 0 Å². The number of nitrogens with zero attached hydrogens (tertiary/aromatic N) is 1. The van der Waals surface area contributed by atoms with E-state index >= 15 is 0 Å². The van der Waals surface area contributed by atoms with Crippen molar-refractivity contribution in [2.75, 3.05) is 0 Å². The summed E-state index contributed by atoms with van der Waals surface area (Å²) in [4.78, 5) is -0.297. The molecular formula is C17H11F2NS.